The molecule has 0 amide bonds. The fourth-order valence-corrected chi connectivity index (χ4v) is 9.91. The largest absolute Gasteiger partial charge is 0.462 e. The first-order chi connectivity index (χ1) is 35.0. The maximum absolute atomic E-state index is 10.7. The number of aromatic nitrogens is 4. The van der Waals surface area contributed by atoms with Gasteiger partial charge in [-0.2, -0.15) is 0 Å². The van der Waals surface area contributed by atoms with Crippen LogP contribution in [0.4, 0.5) is 0 Å². The Hall–Kier alpha value is -5.76. The molecule has 10 N–H and O–H groups in total. The number of nitrogens with zero attached hydrogens (tertiary/aromatic N) is 2. The number of aromatic amines is 2. The van der Waals surface area contributed by atoms with Gasteiger partial charge in [-0.1, -0.05) is 76.6 Å². The Bertz CT molecular complexity index is 2680. The van der Waals surface area contributed by atoms with E-state index in [9.17, 15) is 40.9 Å². The van der Waals surface area contributed by atoms with Gasteiger partial charge in [0.1, 0.15) is 60.3 Å². The van der Waals surface area contributed by atoms with Crippen LogP contribution in [0.3, 0.4) is 0 Å². The van der Waals surface area contributed by atoms with Gasteiger partial charge in [0.05, 0.1) is 36.0 Å². The van der Waals surface area contributed by atoms with E-state index in [-0.39, 0.29) is 0 Å². The molecule has 5 aromatic rings. The van der Waals surface area contributed by atoms with Gasteiger partial charge in [-0.3, -0.25) is 0 Å². The topological polar surface area (TPSA) is 256 Å². The monoisotopic (exact) mass is 986 g/mol. The van der Waals surface area contributed by atoms with Crippen molar-refractivity contribution < 1.29 is 59.8 Å². The van der Waals surface area contributed by atoms with Crippen molar-refractivity contribution in [2.24, 2.45) is 0 Å². The van der Waals surface area contributed by atoms with E-state index in [4.69, 9.17) is 28.9 Å². The lowest BCUT2D eigenvalue weighted by Gasteiger charge is -2.39. The van der Waals surface area contributed by atoms with Crippen LogP contribution in [0.25, 0.3) is 68.6 Å². The summed E-state index contributed by atoms with van der Waals surface area (Å²) < 4.78 is 23.2. The molecule has 2 saturated heterocycles. The fraction of sp³-hybridized carbons (Fsp3) is 0.429. The molecule has 8 bridgehead atoms. The molecule has 9 rings (SSSR count). The lowest BCUT2D eigenvalue weighted by atomic mass is 9.99. The number of aliphatic hydroxyl groups is 8. The number of H-pyrrole nitrogens is 2. The van der Waals surface area contributed by atoms with Crippen LogP contribution >= 0.6 is 0 Å². The van der Waals surface area contributed by atoms with Crippen LogP contribution in [-0.4, -0.2) is 135 Å². The molecule has 6 unspecified atom stereocenters. The molecule has 0 saturated carbocycles. The molecule has 10 atom stereocenters. The van der Waals surface area contributed by atoms with Crippen molar-refractivity contribution in [2.75, 3.05) is 13.2 Å². The second-order valence-corrected chi connectivity index (χ2v) is 19.0. The van der Waals surface area contributed by atoms with Crippen LogP contribution in [0.15, 0.2) is 72.8 Å². The highest BCUT2D eigenvalue weighted by Gasteiger charge is 2.46. The Morgan fingerprint density at radius 3 is 1.19 bits per heavy atom. The Morgan fingerprint density at radius 2 is 0.819 bits per heavy atom. The van der Waals surface area contributed by atoms with E-state index < -0.39 is 74.6 Å². The minimum Gasteiger partial charge on any atom is -0.462 e. The van der Waals surface area contributed by atoms with E-state index in [2.05, 4.69) is 60.2 Å². The van der Waals surface area contributed by atoms with E-state index in [1.165, 1.54) is 0 Å². The number of hydrogen-bond acceptors (Lipinski definition) is 14. The summed E-state index contributed by atoms with van der Waals surface area (Å²) in [5, 5.41) is 82.2. The second kappa shape index (κ2) is 23.0. The summed E-state index contributed by atoms with van der Waals surface area (Å²) in [7, 11) is 0. The van der Waals surface area contributed by atoms with Crippen LogP contribution in [-0.2, 0) is 22.3 Å². The molecule has 4 aliphatic heterocycles. The van der Waals surface area contributed by atoms with Gasteiger partial charge in [0.2, 0.25) is 12.6 Å². The summed E-state index contributed by atoms with van der Waals surface area (Å²) in [5.74, 6) is 0.694. The van der Waals surface area contributed by atoms with Crippen LogP contribution in [0.2, 0.25) is 0 Å². The van der Waals surface area contributed by atoms with Crippen LogP contribution in [0, 0.1) is 0 Å². The van der Waals surface area contributed by atoms with Crippen molar-refractivity contribution in [1.82, 2.24) is 19.9 Å². The average molecular weight is 987 g/mol. The van der Waals surface area contributed by atoms with Crippen molar-refractivity contribution in [3.05, 3.63) is 107 Å². The second-order valence-electron chi connectivity index (χ2n) is 19.0. The zero-order chi connectivity index (χ0) is 50.5. The lowest BCUT2D eigenvalue weighted by Crippen LogP contribution is -2.60. The third kappa shape index (κ3) is 10.8. The standard InChI is InChI=1S/C56H66N4O12/c1-3-5-7-9-11-35-37-21-25-41(57-37)47(31-13-17-33(18-14-31)69-55-53(67)51(65)49(63)45(29-61)71-55)43-27-23-39(59-43)36(12-10-8-6-4-2)40-24-28-44(60-40)48(42-26-22-38(35)58-42)32-15-19-34(20-16-32)70-56-54(68)52(66)50(64)46(30-62)72-56/h13-28,45-46,49-57,60-68H,3-12,29-30H2,1-2H3/t45-,46?,49?,50-,51?,52?,53-,54?,55?,56-/m1/s1. The number of aryl methyl sites for hydroxylation is 2. The molecular formula is C56H66N4O12. The van der Waals surface area contributed by atoms with E-state index in [0.29, 0.717) is 11.5 Å². The normalized spacial score (nSPS) is 25.0. The van der Waals surface area contributed by atoms with Gasteiger partial charge in [0, 0.05) is 44.3 Å². The minimum atomic E-state index is -1.57. The molecule has 0 radical (unpaired) electrons. The zero-order valence-corrected chi connectivity index (χ0v) is 40.6. The maximum atomic E-state index is 10.7. The van der Waals surface area contributed by atoms with E-state index >= 15 is 0 Å². The van der Waals surface area contributed by atoms with Crippen LogP contribution in [0.1, 0.15) is 99.1 Å². The van der Waals surface area contributed by atoms with E-state index in [1.54, 1.807) is 24.3 Å². The summed E-state index contributed by atoms with van der Waals surface area (Å²) in [6.45, 7) is 3.26. The highest BCUT2D eigenvalue weighted by molar-refractivity contribution is 5.94. The van der Waals surface area contributed by atoms with Crippen molar-refractivity contribution in [3.8, 4) is 33.8 Å². The highest BCUT2D eigenvalue weighted by Crippen LogP contribution is 2.37. The molecule has 2 fully saturated rings. The number of nitrogens with one attached hydrogen (secondary N) is 2. The van der Waals surface area contributed by atoms with Gasteiger partial charge in [-0.05, 0) is 110 Å². The number of rotatable bonds is 18. The number of hydrogen-bond donors (Lipinski definition) is 10. The third-order valence-corrected chi connectivity index (χ3v) is 14.0. The van der Waals surface area contributed by atoms with Gasteiger partial charge in [-0.15, -0.1) is 0 Å². The van der Waals surface area contributed by atoms with Crippen molar-refractivity contribution >= 4 is 46.4 Å². The molecule has 72 heavy (non-hydrogen) atoms. The van der Waals surface area contributed by atoms with Gasteiger partial charge in [0.15, 0.2) is 0 Å². The van der Waals surface area contributed by atoms with Crippen LogP contribution < -0.4 is 9.47 Å². The molecule has 4 aliphatic rings. The number of aliphatic hydroxyl groups excluding tert-OH is 8. The first kappa shape index (κ1) is 51.2. The smallest absolute Gasteiger partial charge is 0.229 e. The maximum Gasteiger partial charge on any atom is 0.229 e. The molecule has 382 valence electrons. The Labute approximate surface area is 417 Å². The molecule has 0 aliphatic carbocycles. The molecule has 0 spiro atoms. The number of unbranched alkanes of at least 4 members (excludes halogenated alkanes) is 6. The predicted molar refractivity (Wildman–Crippen MR) is 274 cm³/mol. The first-order valence-electron chi connectivity index (χ1n) is 25.3. The molecule has 2 aromatic carbocycles. The van der Waals surface area contributed by atoms with Gasteiger partial charge in [0.25, 0.3) is 0 Å². The zero-order valence-electron chi connectivity index (χ0n) is 40.6. The van der Waals surface area contributed by atoms with Crippen LogP contribution in [0.5, 0.6) is 11.5 Å². The molecule has 16 heteroatoms. The summed E-state index contributed by atoms with van der Waals surface area (Å²) in [5.41, 5.74) is 12.2. The molecule has 16 nitrogen and oxygen atoms in total. The Morgan fingerprint density at radius 1 is 0.444 bits per heavy atom. The van der Waals surface area contributed by atoms with Gasteiger partial charge in [-0.25, -0.2) is 9.97 Å². The van der Waals surface area contributed by atoms with Crippen molar-refractivity contribution in [2.45, 2.75) is 139 Å². The molecular weight excluding hydrogens is 921 g/mol. The Kier molecular flexibility index (Phi) is 16.3. The number of benzene rings is 2. The summed E-state index contributed by atoms with van der Waals surface area (Å²) in [6.07, 6.45) is 4.14. The first-order valence-corrected chi connectivity index (χ1v) is 25.3. The predicted octanol–water partition coefficient (Wildman–Crippen LogP) is 6.59. The van der Waals surface area contributed by atoms with E-state index in [1.807, 2.05) is 36.4 Å². The Balaban J connectivity index is 1.18. The summed E-state index contributed by atoms with van der Waals surface area (Å²) in [4.78, 5) is 18.3. The van der Waals surface area contributed by atoms with E-state index in [0.717, 1.165) is 142 Å². The number of ether oxygens (including phenoxy) is 4. The lowest BCUT2D eigenvalue weighted by molar-refractivity contribution is -0.277. The molecule has 7 heterocycles. The average Bonchev–Trinajstić information content (AvgIpc) is 4.26. The minimum absolute atomic E-state index is 0.347. The SMILES string of the molecule is CCCCCCc1c2nc(c(-c3ccc(O[C@@H]4OC(CO)[C@@H](O)C(O)C4O)cc3)c3ccc([nH]3)c(CCCCCC)c3nc(c(-c4ccc(OC5O[C@H](CO)C(O)C(O)[C@H]5O)cc4)c4ccc1[nH]4)C=C3)C=C2. The summed E-state index contributed by atoms with van der Waals surface area (Å²) in [6, 6.07) is 22.9. The van der Waals surface area contributed by atoms with Crippen molar-refractivity contribution in [1.29, 1.82) is 0 Å². The third-order valence-electron chi connectivity index (χ3n) is 14.0. The van der Waals surface area contributed by atoms with Gasteiger partial charge >= 0.3 is 0 Å². The number of fused-ring (bicyclic) bond motifs is 8. The summed E-state index contributed by atoms with van der Waals surface area (Å²) >= 11 is 0. The fourth-order valence-electron chi connectivity index (χ4n) is 9.91. The molecule has 3 aromatic heterocycles. The highest BCUT2D eigenvalue weighted by atomic mass is 16.7. The van der Waals surface area contributed by atoms with Crippen molar-refractivity contribution in [3.63, 3.8) is 0 Å². The quantitative estimate of drug-likeness (QED) is 0.0407. The van der Waals surface area contributed by atoms with Gasteiger partial charge < -0.3 is 69.8 Å².